The van der Waals surface area contributed by atoms with E-state index < -0.39 is 0 Å². The van der Waals surface area contributed by atoms with Crippen LogP contribution < -0.4 is 10.1 Å². The van der Waals surface area contributed by atoms with Gasteiger partial charge in [0.15, 0.2) is 11.0 Å². The molecule has 0 aliphatic heterocycles. The number of carbonyl (C=O) groups is 1. The Balaban J connectivity index is 1.31. The number of nitrogens with zero attached hydrogens (tertiary/aromatic N) is 3. The van der Waals surface area contributed by atoms with E-state index in [-0.39, 0.29) is 17.8 Å². The molecule has 1 N–H and O–H groups in total. The normalized spacial score (nSPS) is 11.3. The van der Waals surface area contributed by atoms with E-state index in [4.69, 9.17) is 9.47 Å². The molecule has 0 radical (unpaired) electrons. The number of nitrogens with one attached hydrogen (secondary N) is 1. The van der Waals surface area contributed by atoms with Gasteiger partial charge in [-0.15, -0.1) is 10.2 Å². The first-order chi connectivity index (χ1) is 21.7. The van der Waals surface area contributed by atoms with Crippen molar-refractivity contribution in [3.05, 3.63) is 119 Å². The largest absolute Gasteiger partial charge is 0.489 e. The number of anilines is 1. The number of aromatic nitrogens is 3. The molecule has 7 nitrogen and oxygen atoms in total. The van der Waals surface area contributed by atoms with Gasteiger partial charge in [-0.2, -0.15) is 0 Å². The van der Waals surface area contributed by atoms with E-state index in [9.17, 15) is 4.79 Å². The second kappa shape index (κ2) is 14.5. The van der Waals surface area contributed by atoms with Crippen LogP contribution in [0.2, 0.25) is 0 Å². The van der Waals surface area contributed by atoms with Gasteiger partial charge in [-0.3, -0.25) is 4.79 Å². The van der Waals surface area contributed by atoms with Crippen LogP contribution in [0.3, 0.4) is 0 Å². The Hall–Kier alpha value is -4.56. The summed E-state index contributed by atoms with van der Waals surface area (Å²) in [5.74, 6) is 1.41. The lowest BCUT2D eigenvalue weighted by Gasteiger charge is -2.19. The van der Waals surface area contributed by atoms with Crippen LogP contribution in [0.15, 0.2) is 107 Å². The van der Waals surface area contributed by atoms with Crippen LogP contribution in [0.4, 0.5) is 5.69 Å². The van der Waals surface area contributed by atoms with Crippen molar-refractivity contribution >= 4 is 23.4 Å². The molecule has 232 valence electrons. The Labute approximate surface area is 270 Å². The van der Waals surface area contributed by atoms with Crippen LogP contribution in [0.5, 0.6) is 5.75 Å². The molecule has 5 rings (SSSR count). The molecular formula is C37H40N4O3S. The summed E-state index contributed by atoms with van der Waals surface area (Å²) in [5.41, 5.74) is 6.42. The van der Waals surface area contributed by atoms with Crippen LogP contribution in [0.1, 0.15) is 49.9 Å². The Morgan fingerprint density at radius 1 is 0.889 bits per heavy atom. The van der Waals surface area contributed by atoms with Crippen molar-refractivity contribution in [2.45, 2.75) is 62.7 Å². The van der Waals surface area contributed by atoms with E-state index in [0.717, 1.165) is 49.6 Å². The van der Waals surface area contributed by atoms with Crippen LogP contribution in [-0.4, -0.2) is 27.3 Å². The molecule has 0 saturated carbocycles. The fourth-order valence-electron chi connectivity index (χ4n) is 4.81. The first kappa shape index (κ1) is 31.9. The third-order valence-corrected chi connectivity index (χ3v) is 8.45. The number of rotatable bonds is 12. The molecule has 0 aliphatic rings. The molecular weight excluding hydrogens is 580 g/mol. The highest BCUT2D eigenvalue weighted by molar-refractivity contribution is 7.99. The summed E-state index contributed by atoms with van der Waals surface area (Å²) >= 11 is 1.56. The van der Waals surface area contributed by atoms with E-state index >= 15 is 0 Å². The summed E-state index contributed by atoms with van der Waals surface area (Å²) in [6.45, 7) is 9.87. The van der Waals surface area contributed by atoms with Crippen molar-refractivity contribution in [2.24, 2.45) is 7.05 Å². The number of esters is 1. The molecule has 4 aromatic carbocycles. The zero-order valence-corrected chi connectivity index (χ0v) is 27.4. The number of benzene rings is 4. The molecule has 0 atom stereocenters. The molecule has 8 heteroatoms. The van der Waals surface area contributed by atoms with Crippen LogP contribution >= 0.6 is 11.8 Å². The minimum atomic E-state index is -0.219. The predicted octanol–water partition coefficient (Wildman–Crippen LogP) is 8.23. The number of ether oxygens (including phenoxy) is 2. The second-order valence-corrected chi connectivity index (χ2v) is 12.9. The van der Waals surface area contributed by atoms with Crippen molar-refractivity contribution in [1.82, 2.24) is 14.8 Å². The van der Waals surface area contributed by atoms with Gasteiger partial charge < -0.3 is 19.4 Å². The maximum absolute atomic E-state index is 11.8. The summed E-state index contributed by atoms with van der Waals surface area (Å²) < 4.78 is 13.5. The molecule has 0 bridgehead atoms. The molecule has 0 spiro atoms. The molecule has 0 amide bonds. The average Bonchev–Trinajstić information content (AvgIpc) is 3.39. The summed E-state index contributed by atoms with van der Waals surface area (Å²) in [6.07, 6.45) is 0.265. The van der Waals surface area contributed by atoms with Gasteiger partial charge in [-0.05, 0) is 65.1 Å². The van der Waals surface area contributed by atoms with Crippen LogP contribution in [0, 0.1) is 0 Å². The maximum atomic E-state index is 11.8. The van der Waals surface area contributed by atoms with Gasteiger partial charge in [-0.25, -0.2) is 0 Å². The quantitative estimate of drug-likeness (QED) is 0.141. The summed E-state index contributed by atoms with van der Waals surface area (Å²) in [7, 11) is 2.00. The monoisotopic (exact) mass is 620 g/mol. The van der Waals surface area contributed by atoms with Crippen LogP contribution in [-0.2, 0) is 41.6 Å². The zero-order valence-electron chi connectivity index (χ0n) is 26.5. The Bertz CT molecular complexity index is 1710. The Morgan fingerprint density at radius 3 is 2.31 bits per heavy atom. The average molecular weight is 621 g/mol. The van der Waals surface area contributed by atoms with Crippen LogP contribution in [0.25, 0.3) is 11.4 Å². The van der Waals surface area contributed by atoms with Gasteiger partial charge in [0.2, 0.25) is 0 Å². The van der Waals surface area contributed by atoms with E-state index in [1.54, 1.807) is 11.8 Å². The minimum Gasteiger partial charge on any atom is -0.489 e. The number of carbonyl (C=O) groups excluding carboxylic acids is 1. The summed E-state index contributed by atoms with van der Waals surface area (Å²) in [6, 6.07) is 32.8. The lowest BCUT2D eigenvalue weighted by molar-refractivity contribution is -0.142. The minimum absolute atomic E-state index is 0.0946. The topological polar surface area (TPSA) is 78.3 Å². The van der Waals surface area contributed by atoms with Crippen molar-refractivity contribution in [3.63, 3.8) is 0 Å². The second-order valence-electron chi connectivity index (χ2n) is 11.9. The highest BCUT2D eigenvalue weighted by Crippen LogP contribution is 2.34. The van der Waals surface area contributed by atoms with Crippen molar-refractivity contribution in [2.75, 3.05) is 11.9 Å². The van der Waals surface area contributed by atoms with E-state index in [2.05, 4.69) is 90.9 Å². The number of hydrogen-bond acceptors (Lipinski definition) is 7. The SMILES string of the molecule is CCOC(=O)Cc1ccc(NCc2ccc(Sc3nnc(-c4ccc(C(C)(C)C)cc4)n3C)cc2OCc2ccccc2)cc1. The molecule has 45 heavy (non-hydrogen) atoms. The molecule has 0 unspecified atom stereocenters. The van der Waals surface area contributed by atoms with E-state index in [1.165, 1.54) is 5.56 Å². The van der Waals surface area contributed by atoms with E-state index in [0.29, 0.717) is 19.8 Å². The van der Waals surface area contributed by atoms with E-state index in [1.807, 2.05) is 61.0 Å². The van der Waals surface area contributed by atoms with Gasteiger partial charge in [0.05, 0.1) is 13.0 Å². The highest BCUT2D eigenvalue weighted by Gasteiger charge is 2.17. The van der Waals surface area contributed by atoms with Gasteiger partial charge >= 0.3 is 5.97 Å². The summed E-state index contributed by atoms with van der Waals surface area (Å²) in [5, 5.41) is 13.3. The molecule has 0 aliphatic carbocycles. The smallest absolute Gasteiger partial charge is 0.310 e. The Kier molecular flexibility index (Phi) is 10.2. The lowest BCUT2D eigenvalue weighted by atomic mass is 9.87. The first-order valence-electron chi connectivity index (χ1n) is 15.2. The third-order valence-electron chi connectivity index (χ3n) is 7.42. The first-order valence-corrected chi connectivity index (χ1v) is 16.0. The van der Waals surface area contributed by atoms with Crippen molar-refractivity contribution in [1.29, 1.82) is 0 Å². The van der Waals surface area contributed by atoms with Crippen molar-refractivity contribution in [3.8, 4) is 17.1 Å². The van der Waals surface area contributed by atoms with Gasteiger partial charge in [-0.1, -0.05) is 93.6 Å². The van der Waals surface area contributed by atoms with Crippen molar-refractivity contribution < 1.29 is 14.3 Å². The maximum Gasteiger partial charge on any atom is 0.310 e. The fourth-order valence-corrected chi connectivity index (χ4v) is 5.63. The third kappa shape index (κ3) is 8.54. The molecule has 5 aromatic rings. The molecule has 1 heterocycles. The molecule has 0 saturated heterocycles. The van der Waals surface area contributed by atoms with Gasteiger partial charge in [0.25, 0.3) is 0 Å². The van der Waals surface area contributed by atoms with Gasteiger partial charge in [0.1, 0.15) is 12.4 Å². The predicted molar refractivity (Wildman–Crippen MR) is 181 cm³/mol. The number of hydrogen-bond donors (Lipinski definition) is 1. The standard InChI is InChI=1S/C37H40N4O3S/c1-6-43-34(42)22-26-12-19-31(20-13-26)38-24-29-16-21-32(23-33(29)44-25-27-10-8-7-9-11-27)45-36-40-39-35(41(36)5)28-14-17-30(18-15-28)37(2,3)4/h7-21,23,38H,6,22,24-25H2,1-5H3. The fraction of sp³-hybridized carbons (Fsp3) is 0.270. The zero-order chi connectivity index (χ0) is 31.8. The summed E-state index contributed by atoms with van der Waals surface area (Å²) in [4.78, 5) is 12.8. The lowest BCUT2D eigenvalue weighted by Crippen LogP contribution is -2.10. The molecule has 1 aromatic heterocycles. The molecule has 0 fully saturated rings. The highest BCUT2D eigenvalue weighted by atomic mass is 32.2. The van der Waals surface area contributed by atoms with Gasteiger partial charge in [0, 0.05) is 35.3 Å². The Morgan fingerprint density at radius 2 is 1.62 bits per heavy atom.